The lowest BCUT2D eigenvalue weighted by atomic mass is 9.99. The number of carbonyl (C=O) groups is 2. The maximum absolute atomic E-state index is 13.0. The molecule has 0 saturated carbocycles. The first-order chi connectivity index (χ1) is 15.9. The number of unbranched alkanes of at least 4 members (excludes halogenated alkanes) is 1. The van der Waals surface area contributed by atoms with Gasteiger partial charge in [0.15, 0.2) is 0 Å². The minimum absolute atomic E-state index is 0.0112. The Bertz CT molecular complexity index is 836. The number of nitrogens with one attached hydrogen (secondary N) is 2. The van der Waals surface area contributed by atoms with Gasteiger partial charge in [0.05, 0.1) is 18.6 Å². The number of rotatable bonds is 14. The molecule has 3 atom stereocenters. The van der Waals surface area contributed by atoms with E-state index in [1.54, 1.807) is 0 Å². The second-order valence-corrected chi connectivity index (χ2v) is 8.88. The Balaban J connectivity index is 2.07. The Morgan fingerprint density at radius 2 is 1.61 bits per heavy atom. The van der Waals surface area contributed by atoms with Gasteiger partial charge in [0.1, 0.15) is 5.75 Å². The van der Waals surface area contributed by atoms with Crippen LogP contribution in [0.2, 0.25) is 0 Å². The molecule has 0 aliphatic rings. The molecule has 33 heavy (non-hydrogen) atoms. The summed E-state index contributed by atoms with van der Waals surface area (Å²) in [4.78, 5) is 25.2. The van der Waals surface area contributed by atoms with Crippen molar-refractivity contribution in [3.05, 3.63) is 65.7 Å². The van der Waals surface area contributed by atoms with Crippen molar-refractivity contribution in [2.24, 2.45) is 5.92 Å². The van der Waals surface area contributed by atoms with Crippen molar-refractivity contribution in [3.63, 3.8) is 0 Å². The number of ether oxygens (including phenoxy) is 1. The van der Waals surface area contributed by atoms with Crippen molar-refractivity contribution in [1.82, 2.24) is 10.6 Å². The number of benzene rings is 2. The van der Waals surface area contributed by atoms with E-state index < -0.39 is 0 Å². The zero-order valence-corrected chi connectivity index (χ0v) is 20.6. The Morgan fingerprint density at radius 1 is 0.909 bits per heavy atom. The average Bonchev–Trinajstić information content (AvgIpc) is 2.84. The first kappa shape index (κ1) is 26.4. The fraction of sp³-hybridized carbons (Fsp3) is 0.500. The Labute approximate surface area is 199 Å². The summed E-state index contributed by atoms with van der Waals surface area (Å²) < 4.78 is 5.92. The molecule has 0 fully saturated rings. The predicted octanol–water partition coefficient (Wildman–Crippen LogP) is 5.77. The highest BCUT2D eigenvalue weighted by Gasteiger charge is 2.21. The van der Waals surface area contributed by atoms with Crippen LogP contribution in [0.5, 0.6) is 5.75 Å². The number of hydrogen-bond acceptors (Lipinski definition) is 3. The summed E-state index contributed by atoms with van der Waals surface area (Å²) in [6.45, 7) is 9.38. The molecule has 0 radical (unpaired) electrons. The van der Waals surface area contributed by atoms with Gasteiger partial charge in [-0.15, -0.1) is 0 Å². The zero-order valence-electron chi connectivity index (χ0n) is 20.6. The van der Waals surface area contributed by atoms with Gasteiger partial charge in [-0.3, -0.25) is 9.59 Å². The normalized spacial score (nSPS) is 13.6. The van der Waals surface area contributed by atoms with E-state index in [1.165, 1.54) is 0 Å². The van der Waals surface area contributed by atoms with Gasteiger partial charge >= 0.3 is 0 Å². The molecule has 180 valence electrons. The van der Waals surface area contributed by atoms with Crippen molar-refractivity contribution in [2.45, 2.75) is 71.8 Å². The standard InChI is InChI=1S/C28H40N2O3/c1-5-7-14-27(31)29-19-26(30-28(32)22(4)23-12-9-8-10-13-23)24-15-17-25(18-16-24)33-20-21(3)11-6-2/h8-10,12-13,15-18,21-22,26H,5-7,11,14,19-20H2,1-4H3,(H,29,31)(H,30,32)/t21?,22-,26-/m0/s1. The van der Waals surface area contributed by atoms with E-state index in [9.17, 15) is 9.59 Å². The van der Waals surface area contributed by atoms with Gasteiger partial charge in [0.25, 0.3) is 0 Å². The van der Waals surface area contributed by atoms with Crippen molar-refractivity contribution in [2.75, 3.05) is 13.2 Å². The predicted molar refractivity (Wildman–Crippen MR) is 134 cm³/mol. The summed E-state index contributed by atoms with van der Waals surface area (Å²) in [5.74, 6) is 0.989. The quantitative estimate of drug-likeness (QED) is 0.382. The number of carbonyl (C=O) groups excluding carboxylic acids is 2. The van der Waals surface area contributed by atoms with Crippen molar-refractivity contribution < 1.29 is 14.3 Å². The lowest BCUT2D eigenvalue weighted by Crippen LogP contribution is -2.39. The molecule has 0 bridgehead atoms. The summed E-state index contributed by atoms with van der Waals surface area (Å²) in [7, 11) is 0. The molecular formula is C28H40N2O3. The summed E-state index contributed by atoms with van der Waals surface area (Å²) in [5.41, 5.74) is 1.90. The van der Waals surface area contributed by atoms with E-state index in [0.29, 0.717) is 25.5 Å². The van der Waals surface area contributed by atoms with Crippen LogP contribution in [0.3, 0.4) is 0 Å². The second-order valence-electron chi connectivity index (χ2n) is 8.88. The Kier molecular flexibility index (Phi) is 11.5. The number of hydrogen-bond donors (Lipinski definition) is 2. The molecule has 0 aliphatic heterocycles. The zero-order chi connectivity index (χ0) is 24.1. The van der Waals surface area contributed by atoms with Crippen LogP contribution in [-0.4, -0.2) is 25.0 Å². The van der Waals surface area contributed by atoms with E-state index in [-0.39, 0.29) is 23.8 Å². The SMILES string of the molecule is CCCCC(=O)NC[C@H](NC(=O)[C@@H](C)c1ccccc1)c1ccc(OCC(C)CCC)cc1. The maximum atomic E-state index is 13.0. The molecule has 0 aliphatic carbocycles. The largest absolute Gasteiger partial charge is 0.493 e. The summed E-state index contributed by atoms with van der Waals surface area (Å²) in [6, 6.07) is 17.2. The summed E-state index contributed by atoms with van der Waals surface area (Å²) in [5, 5.41) is 6.12. The topological polar surface area (TPSA) is 67.4 Å². The first-order valence-electron chi connectivity index (χ1n) is 12.3. The summed E-state index contributed by atoms with van der Waals surface area (Å²) in [6.07, 6.45) is 4.62. The fourth-order valence-electron chi connectivity index (χ4n) is 3.69. The van der Waals surface area contributed by atoms with Gasteiger partial charge < -0.3 is 15.4 Å². The van der Waals surface area contributed by atoms with Crippen LogP contribution < -0.4 is 15.4 Å². The smallest absolute Gasteiger partial charge is 0.227 e. The maximum Gasteiger partial charge on any atom is 0.227 e. The van der Waals surface area contributed by atoms with Crippen LogP contribution in [0.1, 0.15) is 82.9 Å². The van der Waals surface area contributed by atoms with Gasteiger partial charge in [-0.1, -0.05) is 76.1 Å². The molecule has 2 aromatic rings. The molecule has 5 heteroatoms. The van der Waals surface area contributed by atoms with Gasteiger partial charge in [-0.2, -0.15) is 0 Å². The molecule has 5 nitrogen and oxygen atoms in total. The van der Waals surface area contributed by atoms with Crippen LogP contribution in [0.25, 0.3) is 0 Å². The minimum Gasteiger partial charge on any atom is -0.493 e. The van der Waals surface area contributed by atoms with Crippen molar-refractivity contribution in [1.29, 1.82) is 0 Å². The molecule has 0 aromatic heterocycles. The molecule has 2 N–H and O–H groups in total. The van der Waals surface area contributed by atoms with Gasteiger partial charge in [0.2, 0.25) is 11.8 Å². The Hall–Kier alpha value is -2.82. The van der Waals surface area contributed by atoms with E-state index in [2.05, 4.69) is 31.4 Å². The molecule has 1 unspecified atom stereocenters. The molecule has 2 amide bonds. The molecule has 0 heterocycles. The monoisotopic (exact) mass is 452 g/mol. The fourth-order valence-corrected chi connectivity index (χ4v) is 3.69. The van der Waals surface area contributed by atoms with Gasteiger partial charge in [0, 0.05) is 13.0 Å². The summed E-state index contributed by atoms with van der Waals surface area (Å²) >= 11 is 0. The lowest BCUT2D eigenvalue weighted by molar-refractivity contribution is -0.124. The second kappa shape index (κ2) is 14.4. The first-order valence-corrected chi connectivity index (χ1v) is 12.3. The van der Waals surface area contributed by atoms with Crippen LogP contribution in [-0.2, 0) is 9.59 Å². The third kappa shape index (κ3) is 9.29. The average molecular weight is 453 g/mol. The van der Waals surface area contributed by atoms with Crippen molar-refractivity contribution >= 4 is 11.8 Å². The van der Waals surface area contributed by atoms with Gasteiger partial charge in [-0.25, -0.2) is 0 Å². The number of amides is 2. The molecule has 2 rings (SSSR count). The van der Waals surface area contributed by atoms with E-state index in [0.717, 1.165) is 42.6 Å². The highest BCUT2D eigenvalue weighted by atomic mass is 16.5. The Morgan fingerprint density at radius 3 is 2.24 bits per heavy atom. The minimum atomic E-state index is -0.317. The highest BCUT2D eigenvalue weighted by Crippen LogP contribution is 2.21. The molecule has 0 spiro atoms. The van der Waals surface area contributed by atoms with Gasteiger partial charge in [-0.05, 0) is 48.9 Å². The van der Waals surface area contributed by atoms with Crippen molar-refractivity contribution in [3.8, 4) is 5.75 Å². The van der Waals surface area contributed by atoms with Crippen LogP contribution in [0.4, 0.5) is 0 Å². The third-order valence-electron chi connectivity index (χ3n) is 5.87. The van der Waals surface area contributed by atoms with Crippen LogP contribution >= 0.6 is 0 Å². The lowest BCUT2D eigenvalue weighted by Gasteiger charge is -2.23. The van der Waals surface area contributed by atoms with E-state index in [1.807, 2.05) is 61.5 Å². The third-order valence-corrected chi connectivity index (χ3v) is 5.87. The van der Waals surface area contributed by atoms with E-state index >= 15 is 0 Å². The van der Waals surface area contributed by atoms with E-state index in [4.69, 9.17) is 4.74 Å². The van der Waals surface area contributed by atoms with Crippen LogP contribution in [0.15, 0.2) is 54.6 Å². The molecular weight excluding hydrogens is 412 g/mol. The molecule has 0 saturated heterocycles. The highest BCUT2D eigenvalue weighted by molar-refractivity contribution is 5.83. The molecule has 2 aromatic carbocycles. The van der Waals surface area contributed by atoms with Crippen LogP contribution in [0, 0.1) is 5.92 Å².